The topological polar surface area (TPSA) is 39.2 Å². The average molecular weight is 414 g/mol. The molecule has 3 nitrogen and oxygen atoms in total. The molecule has 0 amide bonds. The van der Waals surface area contributed by atoms with E-state index in [1.165, 1.54) is 70.6 Å². The number of aromatic nitrogens is 1. The summed E-state index contributed by atoms with van der Waals surface area (Å²) >= 11 is 0. The highest BCUT2D eigenvalue weighted by molar-refractivity contribution is 5.75. The van der Waals surface area contributed by atoms with E-state index in [1.807, 2.05) is 12.1 Å². The van der Waals surface area contributed by atoms with E-state index in [-0.39, 0.29) is 11.9 Å². The van der Waals surface area contributed by atoms with Gasteiger partial charge in [-0.2, -0.15) is 0 Å². The SMILES string of the molecule is CCCCc1ccc(OC(=O)C2CCC(CCC3CCC(CCC)CC3)CC2)cn1. The number of esters is 1. The van der Waals surface area contributed by atoms with Crippen LogP contribution in [0.25, 0.3) is 0 Å². The number of hydrogen-bond donors (Lipinski definition) is 0. The number of carbonyl (C=O) groups is 1. The highest BCUT2D eigenvalue weighted by Crippen LogP contribution is 2.37. The lowest BCUT2D eigenvalue weighted by Crippen LogP contribution is -2.26. The summed E-state index contributed by atoms with van der Waals surface area (Å²) in [6.07, 6.45) is 20.8. The Labute approximate surface area is 184 Å². The van der Waals surface area contributed by atoms with Crippen LogP contribution in [0.5, 0.6) is 5.75 Å². The summed E-state index contributed by atoms with van der Waals surface area (Å²) in [5.74, 6) is 3.42. The zero-order valence-electron chi connectivity index (χ0n) is 19.4. The number of hydrogen-bond acceptors (Lipinski definition) is 3. The summed E-state index contributed by atoms with van der Waals surface area (Å²) in [7, 11) is 0. The Balaban J connectivity index is 1.32. The van der Waals surface area contributed by atoms with Gasteiger partial charge in [-0.1, -0.05) is 71.6 Å². The van der Waals surface area contributed by atoms with Crippen molar-refractivity contribution in [3.05, 3.63) is 24.0 Å². The van der Waals surface area contributed by atoms with Gasteiger partial charge in [-0.05, 0) is 68.4 Å². The summed E-state index contributed by atoms with van der Waals surface area (Å²) in [6.45, 7) is 4.50. The molecule has 1 aromatic rings. The van der Waals surface area contributed by atoms with Crippen molar-refractivity contribution >= 4 is 5.97 Å². The molecule has 0 atom stereocenters. The summed E-state index contributed by atoms with van der Waals surface area (Å²) in [5, 5.41) is 0. The Morgan fingerprint density at radius 2 is 1.47 bits per heavy atom. The minimum Gasteiger partial charge on any atom is -0.425 e. The van der Waals surface area contributed by atoms with Gasteiger partial charge in [0, 0.05) is 5.69 Å². The van der Waals surface area contributed by atoms with E-state index in [4.69, 9.17) is 4.74 Å². The van der Waals surface area contributed by atoms with Gasteiger partial charge in [0.05, 0.1) is 12.1 Å². The average Bonchev–Trinajstić information content (AvgIpc) is 2.79. The minimum absolute atomic E-state index is 0.0502. The van der Waals surface area contributed by atoms with Gasteiger partial charge >= 0.3 is 5.97 Å². The number of aryl methyl sites for hydroxylation is 1. The predicted molar refractivity (Wildman–Crippen MR) is 124 cm³/mol. The molecule has 1 aromatic heterocycles. The molecule has 3 heteroatoms. The third-order valence-electron chi connectivity index (χ3n) is 7.63. The van der Waals surface area contributed by atoms with Crippen molar-refractivity contribution in [2.45, 2.75) is 110 Å². The van der Waals surface area contributed by atoms with E-state index in [0.29, 0.717) is 5.75 Å². The van der Waals surface area contributed by atoms with Gasteiger partial charge in [0.15, 0.2) is 0 Å². The first-order valence-corrected chi connectivity index (χ1v) is 12.8. The number of unbranched alkanes of at least 4 members (excludes halogenated alkanes) is 1. The van der Waals surface area contributed by atoms with Crippen LogP contribution in [0.2, 0.25) is 0 Å². The predicted octanol–water partition coefficient (Wildman–Crippen LogP) is 7.52. The lowest BCUT2D eigenvalue weighted by molar-refractivity contribution is -0.140. The monoisotopic (exact) mass is 413 g/mol. The van der Waals surface area contributed by atoms with Crippen molar-refractivity contribution in [2.24, 2.45) is 23.7 Å². The summed E-state index contributed by atoms with van der Waals surface area (Å²) < 4.78 is 5.63. The molecular formula is C27H43NO2. The number of rotatable bonds is 10. The van der Waals surface area contributed by atoms with Crippen LogP contribution in [0, 0.1) is 23.7 Å². The Bertz CT molecular complexity index is 610. The molecular weight excluding hydrogens is 370 g/mol. The molecule has 0 unspecified atom stereocenters. The summed E-state index contributed by atoms with van der Waals surface area (Å²) in [5.41, 5.74) is 1.08. The quantitative estimate of drug-likeness (QED) is 0.372. The van der Waals surface area contributed by atoms with Crippen molar-refractivity contribution in [3.8, 4) is 5.75 Å². The molecule has 0 saturated heterocycles. The van der Waals surface area contributed by atoms with Crippen LogP contribution in [-0.4, -0.2) is 11.0 Å². The molecule has 0 spiro atoms. The number of pyridine rings is 1. The highest BCUT2D eigenvalue weighted by atomic mass is 16.5. The van der Waals surface area contributed by atoms with Crippen LogP contribution in [0.4, 0.5) is 0 Å². The molecule has 1 heterocycles. The zero-order chi connectivity index (χ0) is 21.2. The minimum atomic E-state index is -0.0502. The Morgan fingerprint density at radius 3 is 2.00 bits per heavy atom. The molecule has 3 rings (SSSR count). The van der Waals surface area contributed by atoms with E-state index in [1.54, 1.807) is 6.20 Å². The van der Waals surface area contributed by atoms with Crippen molar-refractivity contribution in [1.82, 2.24) is 4.98 Å². The van der Waals surface area contributed by atoms with Crippen LogP contribution in [0.3, 0.4) is 0 Å². The largest absolute Gasteiger partial charge is 0.425 e. The molecule has 2 aliphatic rings. The number of nitrogens with zero attached hydrogens (tertiary/aromatic N) is 1. The van der Waals surface area contributed by atoms with E-state index >= 15 is 0 Å². The van der Waals surface area contributed by atoms with E-state index < -0.39 is 0 Å². The lowest BCUT2D eigenvalue weighted by atomic mass is 9.75. The second kappa shape index (κ2) is 12.5. The number of ether oxygens (including phenoxy) is 1. The van der Waals surface area contributed by atoms with Crippen LogP contribution in [0.1, 0.15) is 109 Å². The van der Waals surface area contributed by atoms with Gasteiger partial charge in [0.25, 0.3) is 0 Å². The first kappa shape index (κ1) is 23.3. The standard InChI is InChI=1S/C27H43NO2/c1-3-5-7-25-18-19-26(20-28-25)30-27(29)24-16-14-23(15-17-24)13-12-22-10-8-21(6-4-2)9-11-22/h18-24H,3-17H2,1-2H3. The highest BCUT2D eigenvalue weighted by Gasteiger charge is 2.29. The lowest BCUT2D eigenvalue weighted by Gasteiger charge is -2.31. The van der Waals surface area contributed by atoms with Crippen LogP contribution >= 0.6 is 0 Å². The van der Waals surface area contributed by atoms with Crippen molar-refractivity contribution in [3.63, 3.8) is 0 Å². The summed E-state index contributed by atoms with van der Waals surface area (Å²) in [4.78, 5) is 17.0. The van der Waals surface area contributed by atoms with Gasteiger partial charge in [-0.25, -0.2) is 0 Å². The molecule has 2 saturated carbocycles. The first-order chi connectivity index (χ1) is 14.7. The van der Waals surface area contributed by atoms with Crippen molar-refractivity contribution in [1.29, 1.82) is 0 Å². The first-order valence-electron chi connectivity index (χ1n) is 12.8. The van der Waals surface area contributed by atoms with Gasteiger partial charge < -0.3 is 4.74 Å². The van der Waals surface area contributed by atoms with Crippen LogP contribution in [-0.2, 0) is 11.2 Å². The fourth-order valence-electron chi connectivity index (χ4n) is 5.55. The molecule has 168 valence electrons. The van der Waals surface area contributed by atoms with Gasteiger partial charge in [0.2, 0.25) is 0 Å². The van der Waals surface area contributed by atoms with Crippen molar-refractivity contribution < 1.29 is 9.53 Å². The molecule has 2 fully saturated rings. The Kier molecular flexibility index (Phi) is 9.68. The summed E-state index contributed by atoms with van der Waals surface area (Å²) in [6, 6.07) is 3.89. The fraction of sp³-hybridized carbons (Fsp3) is 0.778. The Morgan fingerprint density at radius 1 is 0.867 bits per heavy atom. The second-order valence-corrected chi connectivity index (χ2v) is 9.98. The molecule has 2 aliphatic carbocycles. The van der Waals surface area contributed by atoms with Gasteiger partial charge in [0.1, 0.15) is 5.75 Å². The molecule has 0 bridgehead atoms. The third-order valence-corrected chi connectivity index (χ3v) is 7.63. The van der Waals surface area contributed by atoms with E-state index in [9.17, 15) is 4.79 Å². The van der Waals surface area contributed by atoms with Crippen LogP contribution in [0.15, 0.2) is 18.3 Å². The van der Waals surface area contributed by atoms with Crippen molar-refractivity contribution in [2.75, 3.05) is 0 Å². The zero-order valence-corrected chi connectivity index (χ0v) is 19.4. The smallest absolute Gasteiger partial charge is 0.314 e. The molecule has 0 aromatic carbocycles. The molecule has 0 radical (unpaired) electrons. The molecule has 30 heavy (non-hydrogen) atoms. The third kappa shape index (κ3) is 7.39. The van der Waals surface area contributed by atoms with Gasteiger partial charge in [-0.3, -0.25) is 9.78 Å². The number of carbonyl (C=O) groups excluding carboxylic acids is 1. The molecule has 0 N–H and O–H groups in total. The van der Waals surface area contributed by atoms with E-state index in [0.717, 1.165) is 49.1 Å². The maximum Gasteiger partial charge on any atom is 0.314 e. The second-order valence-electron chi connectivity index (χ2n) is 9.98. The maximum atomic E-state index is 12.6. The van der Waals surface area contributed by atoms with Gasteiger partial charge in [-0.15, -0.1) is 0 Å². The van der Waals surface area contributed by atoms with E-state index in [2.05, 4.69) is 18.8 Å². The Hall–Kier alpha value is -1.38. The normalized spacial score (nSPS) is 27.0. The fourth-order valence-corrected chi connectivity index (χ4v) is 5.55. The maximum absolute atomic E-state index is 12.6. The van der Waals surface area contributed by atoms with Crippen LogP contribution < -0.4 is 4.74 Å². The molecule has 0 aliphatic heterocycles.